The van der Waals surface area contributed by atoms with E-state index in [2.05, 4.69) is 103 Å². The molecule has 0 radical (unpaired) electrons. The van der Waals surface area contributed by atoms with Crippen LogP contribution in [0.4, 0.5) is 0 Å². The number of benzene rings is 4. The molecule has 1 heteroatoms. The fourth-order valence-corrected chi connectivity index (χ4v) is 3.98. The molecule has 1 heterocycles. The van der Waals surface area contributed by atoms with Gasteiger partial charge in [0.25, 0.3) is 0 Å². The monoisotopic (exact) mass is 346 g/mol. The maximum absolute atomic E-state index is 3.48. The third kappa shape index (κ3) is 2.69. The maximum Gasteiger partial charge on any atom is 0.218 e. The number of hydrogen-bond acceptors (Lipinski definition) is 0. The van der Waals surface area contributed by atoms with Crippen molar-refractivity contribution in [1.29, 1.82) is 0 Å². The van der Waals surface area contributed by atoms with Gasteiger partial charge in [0.05, 0.1) is 5.39 Å². The van der Waals surface area contributed by atoms with E-state index in [1.54, 1.807) is 0 Å². The lowest BCUT2D eigenvalue weighted by molar-refractivity contribution is -0.362. The Balaban J connectivity index is 1.70. The number of H-pyrrole nitrogens is 1. The van der Waals surface area contributed by atoms with Crippen LogP contribution in [-0.2, 0) is 0 Å². The van der Waals surface area contributed by atoms with E-state index >= 15 is 0 Å². The van der Waals surface area contributed by atoms with E-state index in [0.29, 0.717) is 0 Å². The summed E-state index contributed by atoms with van der Waals surface area (Å²) in [5, 5.41) is 5.11. The molecule has 5 rings (SSSR count). The highest BCUT2D eigenvalue weighted by Crippen LogP contribution is 2.32. The van der Waals surface area contributed by atoms with E-state index in [0.717, 1.165) is 0 Å². The molecule has 0 spiro atoms. The Morgan fingerprint density at radius 1 is 0.593 bits per heavy atom. The molecule has 128 valence electrons. The second-order valence-corrected chi connectivity index (χ2v) is 7.00. The van der Waals surface area contributed by atoms with Crippen molar-refractivity contribution < 1.29 is 4.98 Å². The maximum atomic E-state index is 3.48. The molecule has 1 N–H and O–H groups in total. The zero-order valence-corrected chi connectivity index (χ0v) is 15.2. The Kier molecular flexibility index (Phi) is 3.72. The van der Waals surface area contributed by atoms with Crippen molar-refractivity contribution in [2.75, 3.05) is 0 Å². The lowest BCUT2D eigenvalue weighted by Crippen LogP contribution is -2.06. The lowest BCUT2D eigenvalue weighted by atomic mass is 9.95. The topological polar surface area (TPSA) is 14.1 Å². The van der Waals surface area contributed by atoms with Gasteiger partial charge in [0.2, 0.25) is 5.69 Å². The Morgan fingerprint density at radius 2 is 1.41 bits per heavy atom. The van der Waals surface area contributed by atoms with Gasteiger partial charge >= 0.3 is 0 Å². The van der Waals surface area contributed by atoms with Crippen molar-refractivity contribution in [3.63, 3.8) is 0 Å². The van der Waals surface area contributed by atoms with Crippen molar-refractivity contribution in [2.45, 2.75) is 6.92 Å². The average Bonchev–Trinajstić information content (AvgIpc) is 2.73. The lowest BCUT2D eigenvalue weighted by Gasteiger charge is -2.09. The molecule has 0 aliphatic heterocycles. The summed E-state index contributed by atoms with van der Waals surface area (Å²) in [7, 11) is 0. The molecule has 0 atom stereocenters. The third-order valence-corrected chi connectivity index (χ3v) is 5.32. The molecule has 0 fully saturated rings. The van der Waals surface area contributed by atoms with Crippen LogP contribution in [0.25, 0.3) is 43.9 Å². The summed E-state index contributed by atoms with van der Waals surface area (Å²) < 4.78 is 0. The van der Waals surface area contributed by atoms with Gasteiger partial charge in [0.1, 0.15) is 0 Å². The second kappa shape index (κ2) is 6.37. The SMILES string of the molecule is Cc1cc(-c2[nH+]ccc3c2ccc2ccccc23)ccc1-c1ccccc1. The first-order chi connectivity index (χ1) is 13.3. The van der Waals surface area contributed by atoms with Crippen LogP contribution in [0.3, 0.4) is 0 Å². The van der Waals surface area contributed by atoms with Crippen molar-refractivity contribution >= 4 is 21.5 Å². The summed E-state index contributed by atoms with van der Waals surface area (Å²) in [6, 6.07) is 32.5. The van der Waals surface area contributed by atoms with Gasteiger partial charge in [-0.1, -0.05) is 66.7 Å². The largest absolute Gasteiger partial charge is 0.218 e. The number of rotatable bonds is 2. The first-order valence-corrected chi connectivity index (χ1v) is 9.30. The number of nitrogens with one attached hydrogen (secondary N) is 1. The van der Waals surface area contributed by atoms with Gasteiger partial charge in [-0.25, -0.2) is 4.98 Å². The average molecular weight is 346 g/mol. The van der Waals surface area contributed by atoms with Gasteiger partial charge in [-0.3, -0.25) is 0 Å². The van der Waals surface area contributed by atoms with Crippen LogP contribution in [0.2, 0.25) is 0 Å². The predicted octanol–water partition coefficient (Wildman–Crippen LogP) is 6.45. The molecular formula is C26H20N+. The zero-order chi connectivity index (χ0) is 18.2. The van der Waals surface area contributed by atoms with Gasteiger partial charge in [-0.15, -0.1) is 0 Å². The summed E-state index contributed by atoms with van der Waals surface area (Å²) in [4.78, 5) is 3.48. The van der Waals surface area contributed by atoms with E-state index in [1.165, 1.54) is 49.5 Å². The molecule has 27 heavy (non-hydrogen) atoms. The van der Waals surface area contributed by atoms with Crippen LogP contribution in [-0.4, -0.2) is 0 Å². The Morgan fingerprint density at radius 3 is 2.26 bits per heavy atom. The summed E-state index contributed by atoms with van der Waals surface area (Å²) in [6.45, 7) is 2.19. The summed E-state index contributed by atoms with van der Waals surface area (Å²) in [5.74, 6) is 0. The third-order valence-electron chi connectivity index (χ3n) is 5.32. The number of aryl methyl sites for hydroxylation is 1. The van der Waals surface area contributed by atoms with Crippen LogP contribution in [0.5, 0.6) is 0 Å². The first kappa shape index (κ1) is 15.8. The molecule has 0 aliphatic rings. The Labute approximate surface area is 158 Å². The summed E-state index contributed by atoms with van der Waals surface area (Å²) in [5.41, 5.74) is 6.21. The quantitative estimate of drug-likeness (QED) is 0.326. The molecular weight excluding hydrogens is 326 g/mol. The van der Waals surface area contributed by atoms with Crippen LogP contribution in [0.1, 0.15) is 5.56 Å². The molecule has 4 aromatic carbocycles. The fraction of sp³-hybridized carbons (Fsp3) is 0.0385. The van der Waals surface area contributed by atoms with Crippen molar-refractivity contribution in [3.8, 4) is 22.4 Å². The van der Waals surface area contributed by atoms with Gasteiger partial charge < -0.3 is 0 Å². The number of fused-ring (bicyclic) bond motifs is 3. The van der Waals surface area contributed by atoms with Gasteiger partial charge in [0, 0.05) is 17.0 Å². The number of aromatic amines is 1. The fourth-order valence-electron chi connectivity index (χ4n) is 3.98. The molecule has 0 aliphatic carbocycles. The van der Waals surface area contributed by atoms with Crippen molar-refractivity contribution in [1.82, 2.24) is 0 Å². The van der Waals surface area contributed by atoms with Gasteiger partial charge in [-0.2, -0.15) is 0 Å². The molecule has 0 saturated carbocycles. The van der Waals surface area contributed by atoms with E-state index in [9.17, 15) is 0 Å². The molecule has 0 unspecified atom stereocenters. The molecule has 1 nitrogen and oxygen atoms in total. The van der Waals surface area contributed by atoms with Gasteiger partial charge in [-0.05, 0) is 52.6 Å². The highest BCUT2D eigenvalue weighted by Gasteiger charge is 2.14. The van der Waals surface area contributed by atoms with Crippen molar-refractivity contribution in [2.24, 2.45) is 0 Å². The van der Waals surface area contributed by atoms with Crippen LogP contribution < -0.4 is 4.98 Å². The highest BCUT2D eigenvalue weighted by molar-refractivity contribution is 6.10. The summed E-state index contributed by atoms with van der Waals surface area (Å²) in [6.07, 6.45) is 2.05. The summed E-state index contributed by atoms with van der Waals surface area (Å²) >= 11 is 0. The minimum Gasteiger partial charge on any atom is -0.211 e. The molecule has 0 amide bonds. The Hall–Kier alpha value is -3.45. The van der Waals surface area contributed by atoms with E-state index in [1.807, 2.05) is 6.20 Å². The number of pyridine rings is 1. The molecule has 1 aromatic heterocycles. The first-order valence-electron chi connectivity index (χ1n) is 9.30. The molecule has 0 bridgehead atoms. The van der Waals surface area contributed by atoms with Gasteiger partial charge in [0.15, 0.2) is 6.20 Å². The van der Waals surface area contributed by atoms with Crippen molar-refractivity contribution in [3.05, 3.63) is 103 Å². The minimum atomic E-state index is 1.17. The normalized spacial score (nSPS) is 11.1. The van der Waals surface area contributed by atoms with E-state index < -0.39 is 0 Å². The highest BCUT2D eigenvalue weighted by atomic mass is 14.7. The van der Waals surface area contributed by atoms with Crippen LogP contribution in [0.15, 0.2) is 97.2 Å². The smallest absolute Gasteiger partial charge is 0.211 e. The Bertz CT molecular complexity index is 1270. The zero-order valence-electron chi connectivity index (χ0n) is 15.2. The number of aromatic nitrogens is 1. The molecule has 0 saturated heterocycles. The van der Waals surface area contributed by atoms with E-state index in [4.69, 9.17) is 0 Å². The van der Waals surface area contributed by atoms with Crippen LogP contribution in [0, 0.1) is 6.92 Å². The number of hydrogen-bond donors (Lipinski definition) is 0. The predicted molar refractivity (Wildman–Crippen MR) is 114 cm³/mol. The van der Waals surface area contributed by atoms with Crippen LogP contribution >= 0.6 is 0 Å². The van der Waals surface area contributed by atoms with E-state index in [-0.39, 0.29) is 0 Å². The minimum absolute atomic E-state index is 1.17. The second-order valence-electron chi connectivity index (χ2n) is 7.00. The molecule has 5 aromatic rings. The standard InChI is InChI=1S/C26H19N/c1-18-17-21(12-13-22(18)19-7-3-2-4-8-19)26-25-14-11-20-9-5-6-10-23(20)24(25)15-16-27-26/h2-17H,1H3/p+1.